The van der Waals surface area contributed by atoms with Gasteiger partial charge in [0, 0.05) is 36.8 Å². The Labute approximate surface area is 210 Å². The summed E-state index contributed by atoms with van der Waals surface area (Å²) in [5.74, 6) is -0.773. The normalized spacial score (nSPS) is 26.6. The third-order valence-electron chi connectivity index (χ3n) is 7.06. The molecule has 10 heteroatoms. The molecular weight excluding hydrogens is 468 g/mol. The zero-order valence-corrected chi connectivity index (χ0v) is 21.0. The average molecular weight is 505 g/mol. The van der Waals surface area contributed by atoms with Crippen LogP contribution in [0.4, 0.5) is 0 Å². The molecule has 5 unspecified atom stereocenters. The molecule has 1 aliphatic carbocycles. The van der Waals surface area contributed by atoms with Crippen molar-refractivity contribution in [3.8, 4) is 11.5 Å². The zero-order valence-electron chi connectivity index (χ0n) is 21.0. The second-order valence-corrected chi connectivity index (χ2v) is 9.80. The van der Waals surface area contributed by atoms with Gasteiger partial charge in [-0.05, 0) is 36.6 Å². The van der Waals surface area contributed by atoms with Crippen LogP contribution in [0.3, 0.4) is 0 Å². The molecule has 0 radical (unpaired) electrons. The Morgan fingerprint density at radius 2 is 2.06 bits per heavy atom. The third-order valence-corrected chi connectivity index (χ3v) is 7.06. The molecule has 4 rings (SSSR count). The third kappa shape index (κ3) is 4.95. The number of aliphatic hydroxyl groups excluding tert-OH is 3. The summed E-state index contributed by atoms with van der Waals surface area (Å²) in [4.78, 5) is 28.2. The summed E-state index contributed by atoms with van der Waals surface area (Å²) in [5, 5.41) is 33.3. The maximum Gasteiger partial charge on any atom is 0.247 e. The van der Waals surface area contributed by atoms with Crippen LogP contribution in [0.25, 0.3) is 0 Å². The minimum absolute atomic E-state index is 0.0546. The molecule has 5 atom stereocenters. The summed E-state index contributed by atoms with van der Waals surface area (Å²) >= 11 is 0. The first kappa shape index (κ1) is 26.4. The first-order chi connectivity index (χ1) is 17.3. The van der Waals surface area contributed by atoms with E-state index in [0.717, 1.165) is 12.8 Å². The number of nitrogens with one attached hydrogen (secondary N) is 1. The summed E-state index contributed by atoms with van der Waals surface area (Å²) < 4.78 is 17.5. The molecule has 36 heavy (non-hydrogen) atoms. The van der Waals surface area contributed by atoms with Crippen molar-refractivity contribution in [1.82, 2.24) is 10.2 Å². The van der Waals surface area contributed by atoms with Crippen LogP contribution in [0.1, 0.15) is 43.7 Å². The Morgan fingerprint density at radius 1 is 1.28 bits per heavy atom. The van der Waals surface area contributed by atoms with Crippen LogP contribution in [-0.2, 0) is 20.9 Å². The van der Waals surface area contributed by atoms with Crippen molar-refractivity contribution in [2.45, 2.75) is 63.6 Å². The summed E-state index contributed by atoms with van der Waals surface area (Å²) in [6, 6.07) is 2.57. The number of benzene rings is 1. The second kappa shape index (κ2) is 11.2. The number of aliphatic hydroxyl groups is 3. The molecule has 0 aromatic heterocycles. The predicted octanol–water partition coefficient (Wildman–Crippen LogP) is 0.474. The molecule has 0 bridgehead atoms. The van der Waals surface area contributed by atoms with Gasteiger partial charge in [0.05, 0.1) is 38.4 Å². The van der Waals surface area contributed by atoms with Crippen molar-refractivity contribution in [1.29, 1.82) is 0 Å². The highest BCUT2D eigenvalue weighted by Crippen LogP contribution is 2.51. The minimum atomic E-state index is -1.14. The maximum atomic E-state index is 13.3. The molecule has 0 spiro atoms. The van der Waals surface area contributed by atoms with Crippen molar-refractivity contribution in [3.05, 3.63) is 34.9 Å². The Morgan fingerprint density at radius 3 is 2.67 bits per heavy atom. The van der Waals surface area contributed by atoms with E-state index in [9.17, 15) is 24.9 Å². The van der Waals surface area contributed by atoms with Crippen molar-refractivity contribution in [2.75, 3.05) is 33.4 Å². The van der Waals surface area contributed by atoms with Crippen LogP contribution in [0.2, 0.25) is 0 Å². The fraction of sp³-hybridized carbons (Fsp3) is 0.615. The fourth-order valence-electron chi connectivity index (χ4n) is 5.32. The molecule has 2 aliphatic heterocycles. The number of rotatable bonds is 9. The number of amides is 2. The van der Waals surface area contributed by atoms with E-state index in [1.54, 1.807) is 37.0 Å². The highest BCUT2D eigenvalue weighted by atomic mass is 16.5. The quantitative estimate of drug-likeness (QED) is 0.381. The van der Waals surface area contributed by atoms with Crippen LogP contribution in [0.5, 0.6) is 11.5 Å². The van der Waals surface area contributed by atoms with E-state index < -0.39 is 30.1 Å². The predicted molar refractivity (Wildman–Crippen MR) is 130 cm³/mol. The molecule has 1 aromatic carbocycles. The van der Waals surface area contributed by atoms with Crippen LogP contribution in [0, 0.1) is 5.92 Å². The number of fused-ring (bicyclic) bond motifs is 3. The summed E-state index contributed by atoms with van der Waals surface area (Å²) in [6.07, 6.45) is 1.22. The van der Waals surface area contributed by atoms with E-state index in [4.69, 9.17) is 14.2 Å². The van der Waals surface area contributed by atoms with Gasteiger partial charge in [0.1, 0.15) is 12.2 Å². The number of hydrogen-bond donors (Lipinski definition) is 4. The van der Waals surface area contributed by atoms with Gasteiger partial charge in [-0.2, -0.15) is 0 Å². The molecule has 3 aliphatic rings. The summed E-state index contributed by atoms with van der Waals surface area (Å²) in [5.41, 5.74) is 1.53. The van der Waals surface area contributed by atoms with Gasteiger partial charge in [-0.15, -0.1) is 0 Å². The first-order valence-electron chi connectivity index (χ1n) is 12.5. The molecule has 198 valence electrons. The fourth-order valence-corrected chi connectivity index (χ4v) is 5.32. The van der Waals surface area contributed by atoms with Crippen LogP contribution in [-0.4, -0.2) is 89.8 Å². The molecule has 2 heterocycles. The van der Waals surface area contributed by atoms with Crippen LogP contribution in [0.15, 0.2) is 23.8 Å². The summed E-state index contributed by atoms with van der Waals surface area (Å²) in [6.45, 7) is 4.10. The van der Waals surface area contributed by atoms with E-state index in [1.165, 1.54) is 7.11 Å². The van der Waals surface area contributed by atoms with Gasteiger partial charge in [0.25, 0.3) is 0 Å². The molecular formula is C26H36N2O8. The van der Waals surface area contributed by atoms with Gasteiger partial charge in [-0.3, -0.25) is 9.59 Å². The van der Waals surface area contributed by atoms with E-state index >= 15 is 0 Å². The maximum absolute atomic E-state index is 13.3. The number of nitrogens with zero attached hydrogens (tertiary/aromatic N) is 1. The Kier molecular flexibility index (Phi) is 8.19. The van der Waals surface area contributed by atoms with Gasteiger partial charge in [-0.25, -0.2) is 0 Å². The Hall–Kier alpha value is -2.66. The zero-order chi connectivity index (χ0) is 26.0. The molecule has 2 amide bonds. The number of carbonyl (C=O) groups excluding carboxylic acids is 2. The van der Waals surface area contributed by atoms with E-state index in [1.807, 2.05) is 0 Å². The first-order valence-corrected chi connectivity index (χ1v) is 12.5. The highest BCUT2D eigenvalue weighted by molar-refractivity contribution is 5.96. The number of ether oxygens (including phenoxy) is 3. The topological polar surface area (TPSA) is 138 Å². The molecule has 1 aromatic rings. The van der Waals surface area contributed by atoms with Crippen molar-refractivity contribution < 1.29 is 39.1 Å². The highest BCUT2D eigenvalue weighted by Gasteiger charge is 2.51. The average Bonchev–Trinajstić information content (AvgIpc) is 3.53. The monoisotopic (exact) mass is 504 g/mol. The van der Waals surface area contributed by atoms with E-state index in [0.29, 0.717) is 41.4 Å². The lowest BCUT2D eigenvalue weighted by Crippen LogP contribution is -2.57. The smallest absolute Gasteiger partial charge is 0.247 e. The van der Waals surface area contributed by atoms with E-state index in [-0.39, 0.29) is 37.7 Å². The SMILES string of the molecule is COc1cc(CO)cc2c1OC1C2C(C(=O)NCCO)=CC(N(CC2CCCO2)C(=O)C(C)C)C1O. The summed E-state index contributed by atoms with van der Waals surface area (Å²) in [7, 11) is 1.48. The van der Waals surface area contributed by atoms with Crippen molar-refractivity contribution >= 4 is 11.8 Å². The number of hydrogen-bond acceptors (Lipinski definition) is 8. The largest absolute Gasteiger partial charge is 0.493 e. The van der Waals surface area contributed by atoms with Gasteiger partial charge >= 0.3 is 0 Å². The molecule has 1 fully saturated rings. The lowest BCUT2D eigenvalue weighted by molar-refractivity contribution is -0.142. The van der Waals surface area contributed by atoms with Crippen molar-refractivity contribution in [2.24, 2.45) is 5.92 Å². The number of carbonyl (C=O) groups is 2. The van der Waals surface area contributed by atoms with Crippen molar-refractivity contribution in [3.63, 3.8) is 0 Å². The Bertz CT molecular complexity index is 1000. The van der Waals surface area contributed by atoms with Gasteiger partial charge in [-0.1, -0.05) is 13.8 Å². The van der Waals surface area contributed by atoms with E-state index in [2.05, 4.69) is 5.32 Å². The van der Waals surface area contributed by atoms with Gasteiger partial charge < -0.3 is 39.7 Å². The van der Waals surface area contributed by atoms with Crippen LogP contribution < -0.4 is 14.8 Å². The molecule has 10 nitrogen and oxygen atoms in total. The number of methoxy groups -OCH3 is 1. The Balaban J connectivity index is 1.79. The lowest BCUT2D eigenvalue weighted by Gasteiger charge is -2.42. The molecule has 1 saturated heterocycles. The second-order valence-electron chi connectivity index (χ2n) is 9.80. The van der Waals surface area contributed by atoms with Crippen LogP contribution >= 0.6 is 0 Å². The molecule has 0 saturated carbocycles. The standard InChI is InChI=1S/C26H36N2O8/c1-14(2)26(33)28(12-16-5-4-8-35-16)19-11-18(25(32)27-6-7-29)21-17-9-15(13-30)10-20(34-3)23(17)36-24(21)22(19)31/h9-11,14,16,19,21-22,24,29-31H,4-8,12-13H2,1-3H3,(H,27,32). The minimum Gasteiger partial charge on any atom is -0.493 e. The van der Waals surface area contributed by atoms with Gasteiger partial charge in [0.15, 0.2) is 11.5 Å². The lowest BCUT2D eigenvalue weighted by atomic mass is 9.77. The van der Waals surface area contributed by atoms with Gasteiger partial charge in [0.2, 0.25) is 11.8 Å². The molecule has 4 N–H and O–H groups in total.